The molecule has 1 unspecified atom stereocenters. The van der Waals surface area contributed by atoms with Crippen LogP contribution in [0.3, 0.4) is 0 Å². The van der Waals surface area contributed by atoms with Crippen LogP contribution in [-0.2, 0) is 6.54 Å². The van der Waals surface area contributed by atoms with Gasteiger partial charge in [0.1, 0.15) is 6.26 Å². The Morgan fingerprint density at radius 2 is 2.12 bits per heavy atom. The van der Waals surface area contributed by atoms with Crippen LogP contribution in [0.15, 0.2) is 33.2 Å². The molecule has 0 bridgehead atoms. The molecule has 2 N–H and O–H groups in total. The second-order valence-corrected chi connectivity index (χ2v) is 7.01. The molecular formula is C17H27IN4OS. The lowest BCUT2D eigenvalue weighted by atomic mass is 10.0. The van der Waals surface area contributed by atoms with Gasteiger partial charge in [-0.2, -0.15) is 0 Å². The van der Waals surface area contributed by atoms with Gasteiger partial charge in [-0.3, -0.25) is 4.99 Å². The van der Waals surface area contributed by atoms with E-state index in [4.69, 9.17) is 4.42 Å². The Balaban J connectivity index is 0.00000288. The van der Waals surface area contributed by atoms with E-state index in [0.717, 1.165) is 28.9 Å². The Labute approximate surface area is 165 Å². The summed E-state index contributed by atoms with van der Waals surface area (Å²) in [4.78, 5) is 9.80. The molecule has 24 heavy (non-hydrogen) atoms. The lowest BCUT2D eigenvalue weighted by Gasteiger charge is -2.18. The van der Waals surface area contributed by atoms with Gasteiger partial charge in [0, 0.05) is 13.1 Å². The van der Waals surface area contributed by atoms with Crippen molar-refractivity contribution in [3.63, 3.8) is 0 Å². The highest BCUT2D eigenvalue weighted by Crippen LogP contribution is 2.23. The zero-order chi connectivity index (χ0) is 16.7. The number of halogens is 1. The standard InChI is InChI=1S/C17H26N4OS.HI/c1-12(2)7-8-13(3)20-17(18-4)19-10-14-11-22-16(21-14)15-6-5-9-23-15;/h5-6,9,11-13H,7-8,10H2,1-4H3,(H2,18,19,20);1H. The minimum atomic E-state index is 0. The maximum atomic E-state index is 5.52. The second-order valence-electron chi connectivity index (χ2n) is 6.06. The number of rotatable bonds is 7. The van der Waals surface area contributed by atoms with Gasteiger partial charge >= 0.3 is 0 Å². The van der Waals surface area contributed by atoms with Gasteiger partial charge in [0.2, 0.25) is 5.89 Å². The predicted octanol–water partition coefficient (Wildman–Crippen LogP) is 4.51. The number of thiophene rings is 1. The third-order valence-corrected chi connectivity index (χ3v) is 4.36. The van der Waals surface area contributed by atoms with Crippen molar-refractivity contribution >= 4 is 41.3 Å². The molecule has 2 aromatic heterocycles. The van der Waals surface area contributed by atoms with E-state index in [-0.39, 0.29) is 24.0 Å². The van der Waals surface area contributed by atoms with Gasteiger partial charge in [-0.05, 0) is 37.1 Å². The Morgan fingerprint density at radius 3 is 2.75 bits per heavy atom. The van der Waals surface area contributed by atoms with Crippen molar-refractivity contribution < 1.29 is 4.42 Å². The minimum absolute atomic E-state index is 0. The van der Waals surface area contributed by atoms with Crippen LogP contribution < -0.4 is 10.6 Å². The van der Waals surface area contributed by atoms with Gasteiger partial charge in [0.05, 0.1) is 17.1 Å². The summed E-state index contributed by atoms with van der Waals surface area (Å²) in [6, 6.07) is 4.39. The Hall–Kier alpha value is -1.09. The fourth-order valence-electron chi connectivity index (χ4n) is 2.16. The Bertz CT molecular complexity index is 610. The number of hydrogen-bond donors (Lipinski definition) is 2. The van der Waals surface area contributed by atoms with Gasteiger partial charge in [0.25, 0.3) is 0 Å². The highest BCUT2D eigenvalue weighted by Gasteiger charge is 2.09. The topological polar surface area (TPSA) is 62.5 Å². The second kappa shape index (κ2) is 10.7. The highest BCUT2D eigenvalue weighted by atomic mass is 127. The molecule has 2 aromatic rings. The smallest absolute Gasteiger partial charge is 0.236 e. The zero-order valence-electron chi connectivity index (χ0n) is 14.7. The maximum absolute atomic E-state index is 5.52. The van der Waals surface area contributed by atoms with Crippen LogP contribution in [0, 0.1) is 5.92 Å². The van der Waals surface area contributed by atoms with Gasteiger partial charge in [-0.25, -0.2) is 4.98 Å². The lowest BCUT2D eigenvalue weighted by molar-refractivity contribution is 0.489. The molecule has 0 spiro atoms. The fourth-order valence-corrected chi connectivity index (χ4v) is 2.81. The molecule has 0 aliphatic carbocycles. The number of nitrogens with zero attached hydrogens (tertiary/aromatic N) is 2. The molecule has 0 aromatic carbocycles. The SMILES string of the molecule is CN=C(NCc1coc(-c2cccs2)n1)NC(C)CCC(C)C.I. The van der Waals surface area contributed by atoms with Gasteiger partial charge in [-0.1, -0.05) is 19.9 Å². The van der Waals surface area contributed by atoms with Crippen molar-refractivity contribution in [2.75, 3.05) is 7.05 Å². The maximum Gasteiger partial charge on any atom is 0.236 e. The molecule has 0 saturated carbocycles. The van der Waals surface area contributed by atoms with Crippen molar-refractivity contribution in [1.82, 2.24) is 15.6 Å². The summed E-state index contributed by atoms with van der Waals surface area (Å²) in [6.07, 6.45) is 4.03. The van der Waals surface area contributed by atoms with Crippen molar-refractivity contribution in [2.45, 2.75) is 46.2 Å². The first kappa shape index (κ1) is 21.0. The molecule has 5 nitrogen and oxygen atoms in total. The van der Waals surface area contributed by atoms with Crippen LogP contribution in [0.1, 0.15) is 39.3 Å². The third-order valence-electron chi connectivity index (χ3n) is 3.50. The van der Waals surface area contributed by atoms with Crippen molar-refractivity contribution in [3.8, 4) is 10.8 Å². The number of aliphatic imine (C=N–C) groups is 1. The van der Waals surface area contributed by atoms with E-state index >= 15 is 0 Å². The van der Waals surface area contributed by atoms with E-state index in [9.17, 15) is 0 Å². The molecular weight excluding hydrogens is 435 g/mol. The summed E-state index contributed by atoms with van der Waals surface area (Å²) in [6.45, 7) is 7.26. The average Bonchev–Trinajstić information content (AvgIpc) is 3.19. The monoisotopic (exact) mass is 462 g/mol. The number of aromatic nitrogens is 1. The van der Waals surface area contributed by atoms with Crippen molar-refractivity contribution in [1.29, 1.82) is 0 Å². The number of nitrogens with one attached hydrogen (secondary N) is 2. The fraction of sp³-hybridized carbons (Fsp3) is 0.529. The van der Waals surface area contributed by atoms with E-state index in [2.05, 4.69) is 41.4 Å². The molecule has 0 aliphatic heterocycles. The van der Waals surface area contributed by atoms with Crippen LogP contribution >= 0.6 is 35.3 Å². The highest BCUT2D eigenvalue weighted by molar-refractivity contribution is 14.0. The molecule has 0 saturated heterocycles. The van der Waals surface area contributed by atoms with Crippen molar-refractivity contribution in [3.05, 3.63) is 29.5 Å². The third kappa shape index (κ3) is 6.80. The molecule has 0 amide bonds. The van der Waals surface area contributed by atoms with Crippen LogP contribution in [-0.4, -0.2) is 24.0 Å². The molecule has 1 atom stereocenters. The summed E-state index contributed by atoms with van der Waals surface area (Å²) in [5.74, 6) is 2.19. The predicted molar refractivity (Wildman–Crippen MR) is 112 cm³/mol. The summed E-state index contributed by atoms with van der Waals surface area (Å²) >= 11 is 1.62. The zero-order valence-corrected chi connectivity index (χ0v) is 17.9. The first-order chi connectivity index (χ1) is 11.1. The van der Waals surface area contributed by atoms with Gasteiger partial charge < -0.3 is 15.1 Å². The first-order valence-electron chi connectivity index (χ1n) is 8.04. The van der Waals surface area contributed by atoms with Crippen LogP contribution in [0.2, 0.25) is 0 Å². The lowest BCUT2D eigenvalue weighted by Crippen LogP contribution is -2.42. The van der Waals surface area contributed by atoms with E-state index in [0.29, 0.717) is 18.5 Å². The number of guanidine groups is 1. The van der Waals surface area contributed by atoms with Crippen molar-refractivity contribution in [2.24, 2.45) is 10.9 Å². The normalized spacial score (nSPS) is 12.8. The van der Waals surface area contributed by atoms with E-state index in [1.54, 1.807) is 24.6 Å². The molecule has 134 valence electrons. The summed E-state index contributed by atoms with van der Waals surface area (Å²) in [7, 11) is 1.78. The first-order valence-corrected chi connectivity index (χ1v) is 8.92. The molecule has 2 rings (SSSR count). The summed E-state index contributed by atoms with van der Waals surface area (Å²) in [5, 5.41) is 8.71. The number of hydrogen-bond acceptors (Lipinski definition) is 4. The van der Waals surface area contributed by atoms with E-state index in [1.165, 1.54) is 6.42 Å². The van der Waals surface area contributed by atoms with Crippen LogP contribution in [0.5, 0.6) is 0 Å². The van der Waals surface area contributed by atoms with Crippen LogP contribution in [0.4, 0.5) is 0 Å². The Kier molecular flexibility index (Phi) is 9.35. The largest absolute Gasteiger partial charge is 0.443 e. The van der Waals surface area contributed by atoms with E-state index < -0.39 is 0 Å². The quantitative estimate of drug-likeness (QED) is 0.361. The molecule has 2 heterocycles. The van der Waals surface area contributed by atoms with E-state index in [1.807, 2.05) is 17.5 Å². The Morgan fingerprint density at radius 1 is 1.33 bits per heavy atom. The minimum Gasteiger partial charge on any atom is -0.443 e. The molecule has 0 fully saturated rings. The molecule has 0 radical (unpaired) electrons. The summed E-state index contributed by atoms with van der Waals surface area (Å²) < 4.78 is 5.52. The average molecular weight is 462 g/mol. The van der Waals surface area contributed by atoms with Crippen LogP contribution in [0.25, 0.3) is 10.8 Å². The summed E-state index contributed by atoms with van der Waals surface area (Å²) in [5.41, 5.74) is 0.867. The molecule has 7 heteroatoms. The van der Waals surface area contributed by atoms with Gasteiger partial charge in [0.15, 0.2) is 5.96 Å². The molecule has 0 aliphatic rings. The van der Waals surface area contributed by atoms with Gasteiger partial charge in [-0.15, -0.1) is 35.3 Å². The number of oxazole rings is 1.